The molecule has 0 spiro atoms. The smallest absolute Gasteiger partial charge is 0.238 e. The summed E-state index contributed by atoms with van der Waals surface area (Å²) < 4.78 is 5.34. The van der Waals surface area contributed by atoms with Gasteiger partial charge in [0.25, 0.3) is 0 Å². The lowest BCUT2D eigenvalue weighted by molar-refractivity contribution is -0.135. The van der Waals surface area contributed by atoms with Gasteiger partial charge in [-0.3, -0.25) is 9.69 Å². The number of nitrogens with zero attached hydrogens (tertiary/aromatic N) is 2. The minimum Gasteiger partial charge on any atom is -0.497 e. The Morgan fingerprint density at radius 2 is 2.06 bits per heavy atom. The number of hydrogen-bond donors (Lipinski definition) is 3. The second-order valence-corrected chi connectivity index (χ2v) is 9.50. The Morgan fingerprint density at radius 3 is 2.85 bits per heavy atom. The van der Waals surface area contributed by atoms with Crippen LogP contribution in [-0.2, 0) is 4.79 Å². The zero-order valence-electron chi connectivity index (χ0n) is 19.3. The topological polar surface area (TPSA) is 90.5 Å². The summed E-state index contributed by atoms with van der Waals surface area (Å²) in [4.78, 5) is 22.9. The maximum atomic E-state index is 13.1. The van der Waals surface area contributed by atoms with Crippen LogP contribution < -0.4 is 10.1 Å². The number of fused-ring (bicyclic) bond motifs is 2. The summed E-state index contributed by atoms with van der Waals surface area (Å²) >= 11 is 0. The number of methoxy groups -OCH3 is 1. The van der Waals surface area contributed by atoms with Gasteiger partial charge in [0.1, 0.15) is 11.6 Å². The molecule has 0 bridgehead atoms. The highest BCUT2D eigenvalue weighted by atomic mass is 16.5. The molecule has 2 aliphatic rings. The second kappa shape index (κ2) is 8.80. The third kappa shape index (κ3) is 4.35. The number of H-pyrrole nitrogens is 1. The molecular formula is C26H32N4O3. The number of hydrogen-bond acceptors (Lipinski definition) is 5. The molecule has 3 atom stereocenters. The van der Waals surface area contributed by atoms with Gasteiger partial charge in [-0.25, -0.2) is 4.98 Å². The number of rotatable bonds is 5. The zero-order valence-corrected chi connectivity index (χ0v) is 19.3. The number of aliphatic hydroxyl groups is 1. The molecule has 0 unspecified atom stereocenters. The average molecular weight is 449 g/mol. The van der Waals surface area contributed by atoms with Gasteiger partial charge in [-0.15, -0.1) is 0 Å². The minimum absolute atomic E-state index is 0.00144. The third-order valence-electron chi connectivity index (χ3n) is 7.36. The van der Waals surface area contributed by atoms with E-state index in [0.29, 0.717) is 13.0 Å². The van der Waals surface area contributed by atoms with Crippen molar-refractivity contribution in [2.45, 2.75) is 50.7 Å². The van der Waals surface area contributed by atoms with Crippen molar-refractivity contribution in [2.24, 2.45) is 5.92 Å². The van der Waals surface area contributed by atoms with Gasteiger partial charge in [-0.2, -0.15) is 0 Å². The predicted octanol–water partition coefficient (Wildman–Crippen LogP) is 4.19. The first-order valence-electron chi connectivity index (χ1n) is 11.8. The SMILES string of the molecule is COc1ccc([C@@H]2[C@H]3CCCC[C@@]3(O)CCN2CC(=O)Nc2ccc3nc(C)[nH]c3c2)cc1. The number of piperidine rings is 1. The van der Waals surface area contributed by atoms with E-state index in [2.05, 4.69) is 32.3 Å². The van der Waals surface area contributed by atoms with Gasteiger partial charge in [0.05, 0.1) is 30.3 Å². The second-order valence-electron chi connectivity index (χ2n) is 9.50. The molecule has 2 heterocycles. The molecule has 174 valence electrons. The van der Waals surface area contributed by atoms with Gasteiger partial charge in [-0.05, 0) is 62.1 Å². The molecule has 1 aliphatic heterocycles. The van der Waals surface area contributed by atoms with Crippen LogP contribution in [0.4, 0.5) is 5.69 Å². The lowest BCUT2D eigenvalue weighted by atomic mass is 9.66. The molecule has 2 aromatic carbocycles. The van der Waals surface area contributed by atoms with Gasteiger partial charge in [0, 0.05) is 24.2 Å². The van der Waals surface area contributed by atoms with Crippen molar-refractivity contribution in [3.63, 3.8) is 0 Å². The van der Waals surface area contributed by atoms with Crippen LogP contribution in [-0.4, -0.2) is 51.7 Å². The molecule has 33 heavy (non-hydrogen) atoms. The van der Waals surface area contributed by atoms with Crippen LogP contribution in [0.2, 0.25) is 0 Å². The summed E-state index contributed by atoms with van der Waals surface area (Å²) in [5.74, 6) is 1.72. The highest BCUT2D eigenvalue weighted by molar-refractivity contribution is 5.94. The Bertz CT molecular complexity index is 1140. The Balaban J connectivity index is 1.37. The molecule has 1 saturated carbocycles. The molecule has 0 radical (unpaired) electrons. The van der Waals surface area contributed by atoms with E-state index < -0.39 is 5.60 Å². The highest BCUT2D eigenvalue weighted by Gasteiger charge is 2.49. The van der Waals surface area contributed by atoms with Crippen molar-refractivity contribution in [1.82, 2.24) is 14.9 Å². The monoisotopic (exact) mass is 448 g/mol. The van der Waals surface area contributed by atoms with Crippen molar-refractivity contribution in [2.75, 3.05) is 25.5 Å². The molecular weight excluding hydrogens is 416 g/mol. The van der Waals surface area contributed by atoms with Gasteiger partial charge in [0.15, 0.2) is 0 Å². The number of aromatic amines is 1. The fourth-order valence-corrected chi connectivity index (χ4v) is 5.76. The van der Waals surface area contributed by atoms with E-state index >= 15 is 0 Å². The van der Waals surface area contributed by atoms with E-state index in [0.717, 1.165) is 59.5 Å². The Labute approximate surface area is 194 Å². The van der Waals surface area contributed by atoms with E-state index in [-0.39, 0.29) is 24.4 Å². The number of carbonyl (C=O) groups excluding carboxylic acids is 1. The predicted molar refractivity (Wildman–Crippen MR) is 128 cm³/mol. The fourth-order valence-electron chi connectivity index (χ4n) is 5.76. The van der Waals surface area contributed by atoms with Crippen LogP contribution in [0.3, 0.4) is 0 Å². The number of amides is 1. The quantitative estimate of drug-likeness (QED) is 0.545. The summed E-state index contributed by atoms with van der Waals surface area (Å²) in [6.07, 6.45) is 4.70. The van der Waals surface area contributed by atoms with Gasteiger partial charge >= 0.3 is 0 Å². The van der Waals surface area contributed by atoms with E-state index in [1.165, 1.54) is 0 Å². The molecule has 7 heteroatoms. The molecule has 3 aromatic rings. The van der Waals surface area contributed by atoms with Crippen LogP contribution in [0, 0.1) is 12.8 Å². The molecule has 1 aliphatic carbocycles. The summed E-state index contributed by atoms with van der Waals surface area (Å²) in [5.41, 5.74) is 3.02. The summed E-state index contributed by atoms with van der Waals surface area (Å²) in [7, 11) is 1.66. The van der Waals surface area contributed by atoms with Crippen molar-refractivity contribution >= 4 is 22.6 Å². The number of benzene rings is 2. The van der Waals surface area contributed by atoms with E-state index in [4.69, 9.17) is 4.74 Å². The molecule has 3 N–H and O–H groups in total. The van der Waals surface area contributed by atoms with Crippen molar-refractivity contribution in [3.05, 3.63) is 53.9 Å². The number of nitrogens with one attached hydrogen (secondary N) is 2. The molecule has 2 fully saturated rings. The average Bonchev–Trinajstić information content (AvgIpc) is 3.18. The fraction of sp³-hybridized carbons (Fsp3) is 0.462. The number of imidazole rings is 1. The first-order chi connectivity index (χ1) is 15.9. The molecule has 7 nitrogen and oxygen atoms in total. The van der Waals surface area contributed by atoms with Crippen molar-refractivity contribution < 1.29 is 14.6 Å². The standard InChI is InChI=1S/C26H32N4O3/c1-17-27-22-11-8-19(15-23(22)28-17)29-24(31)16-30-14-13-26(32)12-4-3-5-21(26)25(30)18-6-9-20(33-2)10-7-18/h6-11,15,21,25,32H,3-5,12-14,16H2,1-2H3,(H,27,28)(H,29,31)/t21-,25-,26-/m1/s1. The highest BCUT2D eigenvalue weighted by Crippen LogP contribution is 2.49. The molecule has 1 aromatic heterocycles. The normalized spacial score (nSPS) is 25.5. The number of likely N-dealkylation sites (tertiary alicyclic amines) is 1. The van der Waals surface area contributed by atoms with E-state index in [9.17, 15) is 9.90 Å². The molecule has 5 rings (SSSR count). The molecule has 1 amide bonds. The van der Waals surface area contributed by atoms with Crippen LogP contribution in [0.1, 0.15) is 49.5 Å². The number of aryl methyl sites for hydroxylation is 1. The van der Waals surface area contributed by atoms with Gasteiger partial charge in [0.2, 0.25) is 5.91 Å². The van der Waals surface area contributed by atoms with Crippen LogP contribution in [0.15, 0.2) is 42.5 Å². The Morgan fingerprint density at radius 1 is 1.24 bits per heavy atom. The number of carbonyl (C=O) groups is 1. The van der Waals surface area contributed by atoms with E-state index in [1.54, 1.807) is 7.11 Å². The van der Waals surface area contributed by atoms with Gasteiger partial charge in [-0.1, -0.05) is 25.0 Å². The maximum absolute atomic E-state index is 13.1. The number of aromatic nitrogens is 2. The summed E-state index contributed by atoms with van der Waals surface area (Å²) in [6, 6.07) is 13.8. The third-order valence-corrected chi connectivity index (χ3v) is 7.36. The largest absolute Gasteiger partial charge is 0.497 e. The van der Waals surface area contributed by atoms with Crippen LogP contribution in [0.5, 0.6) is 5.75 Å². The molecule has 1 saturated heterocycles. The Hall–Kier alpha value is -2.90. The van der Waals surface area contributed by atoms with Crippen molar-refractivity contribution in [3.8, 4) is 5.75 Å². The lowest BCUT2D eigenvalue weighted by Crippen LogP contribution is -2.56. The van der Waals surface area contributed by atoms with Crippen LogP contribution >= 0.6 is 0 Å². The van der Waals surface area contributed by atoms with Crippen LogP contribution in [0.25, 0.3) is 11.0 Å². The first-order valence-corrected chi connectivity index (χ1v) is 11.8. The first kappa shape index (κ1) is 21.9. The lowest BCUT2D eigenvalue weighted by Gasteiger charge is -2.52. The maximum Gasteiger partial charge on any atom is 0.238 e. The van der Waals surface area contributed by atoms with Crippen molar-refractivity contribution in [1.29, 1.82) is 0 Å². The number of ether oxygens (including phenoxy) is 1. The minimum atomic E-state index is -0.653. The zero-order chi connectivity index (χ0) is 23.0. The number of anilines is 1. The van der Waals surface area contributed by atoms with E-state index in [1.807, 2.05) is 37.3 Å². The summed E-state index contributed by atoms with van der Waals surface area (Å²) in [5, 5.41) is 14.5. The Kier molecular flexibility index (Phi) is 5.85. The van der Waals surface area contributed by atoms with Gasteiger partial charge < -0.3 is 20.1 Å². The summed E-state index contributed by atoms with van der Waals surface area (Å²) in [6.45, 7) is 2.89.